The van der Waals surface area contributed by atoms with Gasteiger partial charge in [-0.25, -0.2) is 0 Å². The molecule has 94 valence electrons. The third kappa shape index (κ3) is 2.82. The third-order valence-corrected chi connectivity index (χ3v) is 4.22. The molecule has 0 saturated heterocycles. The van der Waals surface area contributed by atoms with Crippen LogP contribution in [0.5, 0.6) is 0 Å². The zero-order valence-electron chi connectivity index (χ0n) is 10.5. The van der Waals surface area contributed by atoms with Crippen molar-refractivity contribution in [2.24, 2.45) is 0 Å². The standard InChI is InChI=1S/C15H15ClOS/c1-3-4-13(17)15-8-7-14(18-15)12-9-11(16)6-5-10(12)2/h5-9H,3-4H2,1-2H3. The molecule has 2 aromatic rings. The summed E-state index contributed by atoms with van der Waals surface area (Å²) in [5, 5.41) is 0.727. The lowest BCUT2D eigenvalue weighted by Gasteiger charge is -2.03. The number of aryl methyl sites for hydroxylation is 1. The van der Waals surface area contributed by atoms with Crippen LogP contribution in [0.25, 0.3) is 10.4 Å². The van der Waals surface area contributed by atoms with E-state index in [1.54, 1.807) is 11.3 Å². The van der Waals surface area contributed by atoms with Gasteiger partial charge in [-0.1, -0.05) is 24.6 Å². The number of halogens is 1. The molecule has 1 aromatic heterocycles. The molecule has 0 N–H and O–H groups in total. The molecule has 0 bridgehead atoms. The lowest BCUT2D eigenvalue weighted by molar-refractivity contribution is 0.0985. The lowest BCUT2D eigenvalue weighted by Crippen LogP contribution is -1.93. The summed E-state index contributed by atoms with van der Waals surface area (Å²) in [7, 11) is 0. The molecular weight excluding hydrogens is 264 g/mol. The van der Waals surface area contributed by atoms with E-state index in [9.17, 15) is 4.79 Å². The third-order valence-electron chi connectivity index (χ3n) is 2.82. The first-order valence-electron chi connectivity index (χ1n) is 6.01. The van der Waals surface area contributed by atoms with Crippen LogP contribution in [-0.4, -0.2) is 5.78 Å². The second-order valence-electron chi connectivity index (χ2n) is 4.30. The molecule has 1 nitrogen and oxygen atoms in total. The van der Waals surface area contributed by atoms with E-state index < -0.39 is 0 Å². The highest BCUT2D eigenvalue weighted by atomic mass is 35.5. The molecule has 0 aliphatic heterocycles. The van der Waals surface area contributed by atoms with Crippen LogP contribution in [0.3, 0.4) is 0 Å². The number of carbonyl (C=O) groups excluding carboxylic acids is 1. The van der Waals surface area contributed by atoms with Crippen molar-refractivity contribution in [1.29, 1.82) is 0 Å². The Morgan fingerprint density at radius 1 is 1.28 bits per heavy atom. The average Bonchev–Trinajstić information content (AvgIpc) is 2.82. The molecule has 1 aromatic carbocycles. The van der Waals surface area contributed by atoms with E-state index >= 15 is 0 Å². The van der Waals surface area contributed by atoms with Crippen LogP contribution in [0.2, 0.25) is 5.02 Å². The van der Waals surface area contributed by atoms with E-state index in [-0.39, 0.29) is 5.78 Å². The molecule has 0 amide bonds. The highest BCUT2D eigenvalue weighted by Crippen LogP contribution is 2.32. The number of hydrogen-bond acceptors (Lipinski definition) is 2. The molecule has 2 rings (SSSR count). The smallest absolute Gasteiger partial charge is 0.172 e. The molecule has 0 aliphatic rings. The first-order valence-corrected chi connectivity index (χ1v) is 7.21. The van der Waals surface area contributed by atoms with Gasteiger partial charge in [-0.2, -0.15) is 0 Å². The first kappa shape index (κ1) is 13.3. The van der Waals surface area contributed by atoms with Gasteiger partial charge in [0, 0.05) is 16.3 Å². The van der Waals surface area contributed by atoms with Crippen molar-refractivity contribution in [2.75, 3.05) is 0 Å². The van der Waals surface area contributed by atoms with E-state index in [0.717, 1.165) is 26.8 Å². The number of benzene rings is 1. The molecule has 0 spiro atoms. The maximum atomic E-state index is 11.8. The molecule has 0 unspecified atom stereocenters. The van der Waals surface area contributed by atoms with Gasteiger partial charge >= 0.3 is 0 Å². The molecule has 0 fully saturated rings. The summed E-state index contributed by atoms with van der Waals surface area (Å²) in [6, 6.07) is 9.77. The summed E-state index contributed by atoms with van der Waals surface area (Å²) in [5.41, 5.74) is 2.29. The molecule has 3 heteroatoms. The molecule has 0 radical (unpaired) electrons. The number of thiophene rings is 1. The van der Waals surface area contributed by atoms with Gasteiger partial charge in [-0.3, -0.25) is 4.79 Å². The maximum absolute atomic E-state index is 11.8. The van der Waals surface area contributed by atoms with Crippen molar-refractivity contribution >= 4 is 28.7 Å². The molecule has 0 atom stereocenters. The Morgan fingerprint density at radius 3 is 2.78 bits per heavy atom. The van der Waals surface area contributed by atoms with Crippen molar-refractivity contribution in [3.8, 4) is 10.4 Å². The quantitative estimate of drug-likeness (QED) is 0.688. The van der Waals surface area contributed by atoms with Gasteiger partial charge in [-0.15, -0.1) is 11.3 Å². The van der Waals surface area contributed by atoms with E-state index in [1.807, 2.05) is 37.3 Å². The van der Waals surface area contributed by atoms with Gasteiger partial charge < -0.3 is 0 Å². The lowest BCUT2D eigenvalue weighted by atomic mass is 10.1. The van der Waals surface area contributed by atoms with Crippen LogP contribution in [0.4, 0.5) is 0 Å². The SMILES string of the molecule is CCCC(=O)c1ccc(-c2cc(Cl)ccc2C)s1. The number of carbonyl (C=O) groups is 1. The monoisotopic (exact) mass is 278 g/mol. The van der Waals surface area contributed by atoms with Crippen molar-refractivity contribution in [3.05, 3.63) is 45.8 Å². The molecule has 0 saturated carbocycles. The van der Waals surface area contributed by atoms with Gasteiger partial charge in [0.25, 0.3) is 0 Å². The second-order valence-corrected chi connectivity index (χ2v) is 5.82. The Kier molecular flexibility index (Phi) is 4.20. The molecular formula is C15H15ClOS. The highest BCUT2D eigenvalue weighted by molar-refractivity contribution is 7.17. The summed E-state index contributed by atoms with van der Waals surface area (Å²) in [4.78, 5) is 13.8. The molecule has 0 aliphatic carbocycles. The number of ketones is 1. The van der Waals surface area contributed by atoms with Crippen LogP contribution < -0.4 is 0 Å². The van der Waals surface area contributed by atoms with Gasteiger partial charge in [0.1, 0.15) is 0 Å². The number of rotatable bonds is 4. The van der Waals surface area contributed by atoms with Crippen LogP contribution in [0, 0.1) is 6.92 Å². The van der Waals surface area contributed by atoms with Gasteiger partial charge in [0.05, 0.1) is 4.88 Å². The Labute approximate surface area is 116 Å². The normalized spacial score (nSPS) is 10.6. The number of Topliss-reactive ketones (excluding diaryl/α,β-unsaturated/α-hetero) is 1. The zero-order chi connectivity index (χ0) is 13.1. The minimum atomic E-state index is 0.230. The van der Waals surface area contributed by atoms with Gasteiger partial charge in [-0.05, 0) is 48.7 Å². The van der Waals surface area contributed by atoms with Crippen LogP contribution in [0.15, 0.2) is 30.3 Å². The first-order chi connectivity index (χ1) is 8.61. The van der Waals surface area contributed by atoms with Crippen LogP contribution in [0.1, 0.15) is 35.0 Å². The summed E-state index contributed by atoms with van der Waals surface area (Å²) in [6.07, 6.45) is 1.51. The van der Waals surface area contributed by atoms with E-state index in [4.69, 9.17) is 11.6 Å². The summed E-state index contributed by atoms with van der Waals surface area (Å²) >= 11 is 7.57. The fourth-order valence-corrected chi connectivity index (χ4v) is 3.07. The summed E-state index contributed by atoms with van der Waals surface area (Å²) in [6.45, 7) is 4.08. The maximum Gasteiger partial charge on any atom is 0.172 e. The Balaban J connectivity index is 2.35. The van der Waals surface area contributed by atoms with Gasteiger partial charge in [0.2, 0.25) is 0 Å². The van der Waals surface area contributed by atoms with Gasteiger partial charge in [0.15, 0.2) is 5.78 Å². The van der Waals surface area contributed by atoms with Crippen molar-refractivity contribution in [1.82, 2.24) is 0 Å². The predicted molar refractivity (Wildman–Crippen MR) is 78.7 cm³/mol. The second kappa shape index (κ2) is 5.68. The largest absolute Gasteiger partial charge is 0.293 e. The Bertz CT molecular complexity index is 572. The van der Waals surface area contributed by atoms with E-state index in [0.29, 0.717) is 6.42 Å². The highest BCUT2D eigenvalue weighted by Gasteiger charge is 2.11. The van der Waals surface area contributed by atoms with Crippen molar-refractivity contribution < 1.29 is 4.79 Å². The fourth-order valence-electron chi connectivity index (χ4n) is 1.84. The summed E-state index contributed by atoms with van der Waals surface area (Å²) in [5.74, 6) is 0.230. The zero-order valence-corrected chi connectivity index (χ0v) is 12.1. The van der Waals surface area contributed by atoms with Crippen LogP contribution in [-0.2, 0) is 0 Å². The van der Waals surface area contributed by atoms with E-state index in [1.165, 1.54) is 5.56 Å². The average molecular weight is 279 g/mol. The molecule has 1 heterocycles. The topological polar surface area (TPSA) is 17.1 Å². The summed E-state index contributed by atoms with van der Waals surface area (Å²) < 4.78 is 0. The number of hydrogen-bond donors (Lipinski definition) is 0. The minimum Gasteiger partial charge on any atom is -0.293 e. The van der Waals surface area contributed by atoms with Crippen molar-refractivity contribution in [3.63, 3.8) is 0 Å². The Hall–Kier alpha value is -1.12. The predicted octanol–water partition coefficient (Wildman–Crippen LogP) is 5.36. The van der Waals surface area contributed by atoms with Crippen LogP contribution >= 0.6 is 22.9 Å². The van der Waals surface area contributed by atoms with E-state index in [2.05, 4.69) is 6.92 Å². The van der Waals surface area contributed by atoms with Crippen molar-refractivity contribution in [2.45, 2.75) is 26.7 Å². The fraction of sp³-hybridized carbons (Fsp3) is 0.267. The minimum absolute atomic E-state index is 0.230. The Morgan fingerprint density at radius 2 is 2.06 bits per heavy atom. The molecule has 18 heavy (non-hydrogen) atoms.